The molecule has 2 aromatic rings. The van der Waals surface area contributed by atoms with Crippen LogP contribution < -0.4 is 5.56 Å². The molecule has 3 aliphatic heterocycles. The molecule has 1 N–H and O–H groups in total. The lowest BCUT2D eigenvalue weighted by atomic mass is 9.85. The number of aliphatic hydroxyl groups is 1. The molecule has 32 heavy (non-hydrogen) atoms. The predicted molar refractivity (Wildman–Crippen MR) is 124 cm³/mol. The summed E-state index contributed by atoms with van der Waals surface area (Å²) in [6.07, 6.45) is 4.56. The van der Waals surface area contributed by atoms with E-state index in [9.17, 15) is 14.7 Å². The highest BCUT2D eigenvalue weighted by Crippen LogP contribution is 2.48. The summed E-state index contributed by atoms with van der Waals surface area (Å²) in [6.45, 7) is 6.55. The van der Waals surface area contributed by atoms with E-state index in [1.807, 2.05) is 52.8 Å². The van der Waals surface area contributed by atoms with Crippen molar-refractivity contribution < 1.29 is 9.90 Å². The zero-order valence-electron chi connectivity index (χ0n) is 18.8. The largest absolute Gasteiger partial charge is 0.396 e. The summed E-state index contributed by atoms with van der Waals surface area (Å²) in [5.74, 6) is -0.437. The van der Waals surface area contributed by atoms with Crippen molar-refractivity contribution in [2.45, 2.75) is 45.4 Å². The second-order valence-electron chi connectivity index (χ2n) is 9.12. The molecule has 4 atom stereocenters. The van der Waals surface area contributed by atoms with Crippen molar-refractivity contribution in [1.82, 2.24) is 14.4 Å². The van der Waals surface area contributed by atoms with Crippen LogP contribution in [0.25, 0.3) is 6.08 Å². The van der Waals surface area contributed by atoms with E-state index >= 15 is 0 Å². The van der Waals surface area contributed by atoms with Gasteiger partial charge in [-0.15, -0.1) is 0 Å². The molecule has 1 aromatic carbocycles. The fourth-order valence-corrected chi connectivity index (χ4v) is 6.15. The smallest absolute Gasteiger partial charge is 0.258 e. The van der Waals surface area contributed by atoms with E-state index in [2.05, 4.69) is 24.0 Å². The Balaban J connectivity index is 1.55. The van der Waals surface area contributed by atoms with E-state index in [1.54, 1.807) is 0 Å². The van der Waals surface area contributed by atoms with E-state index < -0.39 is 0 Å². The second-order valence-corrected chi connectivity index (χ2v) is 9.12. The molecule has 168 valence electrons. The molecular weight excluding hydrogens is 402 g/mol. The van der Waals surface area contributed by atoms with Crippen molar-refractivity contribution in [3.63, 3.8) is 0 Å². The van der Waals surface area contributed by atoms with Gasteiger partial charge in [-0.05, 0) is 43.1 Å². The van der Waals surface area contributed by atoms with Crippen LogP contribution in [0, 0.1) is 11.8 Å². The first-order valence-electron chi connectivity index (χ1n) is 11.7. The zero-order chi connectivity index (χ0) is 22.4. The van der Waals surface area contributed by atoms with Gasteiger partial charge >= 0.3 is 0 Å². The van der Waals surface area contributed by atoms with Gasteiger partial charge in [0.2, 0.25) is 5.91 Å². The minimum absolute atomic E-state index is 0.0111. The lowest BCUT2D eigenvalue weighted by molar-refractivity contribution is -0.139. The fourth-order valence-electron chi connectivity index (χ4n) is 6.15. The minimum atomic E-state index is -0.351. The number of fused-ring (bicyclic) bond motifs is 5. The molecular formula is C26H31N3O3. The van der Waals surface area contributed by atoms with E-state index in [-0.39, 0.29) is 42.0 Å². The number of nitrogens with zero attached hydrogens (tertiary/aromatic N) is 3. The zero-order valence-corrected chi connectivity index (χ0v) is 18.8. The van der Waals surface area contributed by atoms with E-state index in [0.29, 0.717) is 25.2 Å². The first kappa shape index (κ1) is 21.2. The van der Waals surface area contributed by atoms with Gasteiger partial charge in [0.1, 0.15) is 0 Å². The number of amides is 1. The van der Waals surface area contributed by atoms with Crippen molar-refractivity contribution in [1.29, 1.82) is 0 Å². The number of allylic oxidation sites excluding steroid dienone is 1. The first-order chi connectivity index (χ1) is 15.6. The van der Waals surface area contributed by atoms with Crippen LogP contribution in [0.15, 0.2) is 47.3 Å². The number of aliphatic hydroxyl groups excluding tert-OH is 1. The number of hydrogen-bond donors (Lipinski definition) is 1. The van der Waals surface area contributed by atoms with Gasteiger partial charge in [0, 0.05) is 49.5 Å². The van der Waals surface area contributed by atoms with Gasteiger partial charge in [0.25, 0.3) is 5.56 Å². The van der Waals surface area contributed by atoms with Crippen molar-refractivity contribution in [2.24, 2.45) is 11.8 Å². The Hall–Kier alpha value is -2.70. The molecule has 5 rings (SSSR count). The standard InChI is InChI=1S/C26H31N3O3/c1-3-7-18-10-11-21-24-23(20(16-30)22(28(24)4-2)15-29(21)25(18)31)26(32)27-13-12-17-8-5-6-9-19(17)14-27/h3,5-11,20,22-24,30H,4,12-16H2,1-2H3/t20-,22-,23+,24+/m0/s1. The normalized spacial score (nSPS) is 26.9. The van der Waals surface area contributed by atoms with Crippen LogP contribution in [-0.4, -0.2) is 51.1 Å². The summed E-state index contributed by atoms with van der Waals surface area (Å²) in [5.41, 5.74) is 4.06. The summed E-state index contributed by atoms with van der Waals surface area (Å²) in [6, 6.07) is 12.0. The summed E-state index contributed by atoms with van der Waals surface area (Å²) in [5, 5.41) is 10.4. The summed E-state index contributed by atoms with van der Waals surface area (Å²) >= 11 is 0. The van der Waals surface area contributed by atoms with Gasteiger partial charge in [0.15, 0.2) is 0 Å². The Morgan fingerprint density at radius 2 is 1.97 bits per heavy atom. The Morgan fingerprint density at radius 1 is 1.19 bits per heavy atom. The average Bonchev–Trinajstić information content (AvgIpc) is 3.05. The number of pyridine rings is 1. The molecule has 4 heterocycles. The fraction of sp³-hybridized carbons (Fsp3) is 0.462. The number of aromatic nitrogens is 1. The molecule has 2 bridgehead atoms. The van der Waals surface area contributed by atoms with E-state index in [4.69, 9.17) is 0 Å². The highest BCUT2D eigenvalue weighted by atomic mass is 16.3. The molecule has 0 spiro atoms. The number of hydrogen-bond acceptors (Lipinski definition) is 4. The molecule has 0 unspecified atom stereocenters. The van der Waals surface area contributed by atoms with Crippen LogP contribution in [0.4, 0.5) is 0 Å². The summed E-state index contributed by atoms with van der Waals surface area (Å²) in [7, 11) is 0. The highest BCUT2D eigenvalue weighted by Gasteiger charge is 2.56. The maximum absolute atomic E-state index is 13.9. The molecule has 6 heteroatoms. The van der Waals surface area contributed by atoms with Crippen molar-refractivity contribution in [2.75, 3.05) is 19.7 Å². The Bertz CT molecular complexity index is 1120. The van der Waals surface area contributed by atoms with Crippen LogP contribution in [0.3, 0.4) is 0 Å². The average molecular weight is 434 g/mol. The third-order valence-electron chi connectivity index (χ3n) is 7.64. The van der Waals surface area contributed by atoms with Gasteiger partial charge in [-0.25, -0.2) is 0 Å². The van der Waals surface area contributed by atoms with Gasteiger partial charge in [-0.3, -0.25) is 14.5 Å². The van der Waals surface area contributed by atoms with Gasteiger partial charge in [-0.2, -0.15) is 0 Å². The molecule has 1 amide bonds. The number of rotatable bonds is 4. The molecule has 3 aliphatic rings. The van der Waals surface area contributed by atoms with Crippen LogP contribution in [-0.2, 0) is 24.3 Å². The van der Waals surface area contributed by atoms with Gasteiger partial charge < -0.3 is 14.6 Å². The van der Waals surface area contributed by atoms with Crippen LogP contribution in [0.1, 0.15) is 42.3 Å². The van der Waals surface area contributed by atoms with Gasteiger partial charge in [0.05, 0.1) is 12.0 Å². The maximum Gasteiger partial charge on any atom is 0.258 e. The van der Waals surface area contributed by atoms with Crippen molar-refractivity contribution in [3.05, 3.63) is 75.2 Å². The van der Waals surface area contributed by atoms with Gasteiger partial charge in [-0.1, -0.05) is 43.3 Å². The molecule has 6 nitrogen and oxygen atoms in total. The maximum atomic E-state index is 13.9. The first-order valence-corrected chi connectivity index (χ1v) is 11.7. The number of benzene rings is 1. The van der Waals surface area contributed by atoms with E-state index in [0.717, 1.165) is 18.7 Å². The third-order valence-corrected chi connectivity index (χ3v) is 7.64. The number of carbonyl (C=O) groups excluding carboxylic acids is 1. The molecule has 0 aliphatic carbocycles. The molecule has 1 saturated heterocycles. The molecule has 1 fully saturated rings. The topological polar surface area (TPSA) is 65.8 Å². The number of carbonyl (C=O) groups is 1. The summed E-state index contributed by atoms with van der Waals surface area (Å²) in [4.78, 5) is 31.4. The molecule has 1 aromatic heterocycles. The number of likely N-dealkylation sites (N-methyl/N-ethyl adjacent to an activating group) is 1. The van der Waals surface area contributed by atoms with E-state index in [1.165, 1.54) is 11.1 Å². The van der Waals surface area contributed by atoms with Crippen LogP contribution >= 0.6 is 0 Å². The van der Waals surface area contributed by atoms with Crippen molar-refractivity contribution >= 4 is 12.0 Å². The lowest BCUT2D eigenvalue weighted by Gasteiger charge is -2.38. The lowest BCUT2D eigenvalue weighted by Crippen LogP contribution is -2.46. The Kier molecular flexibility index (Phi) is 5.51. The third kappa shape index (κ3) is 3.16. The Labute approximate surface area is 188 Å². The summed E-state index contributed by atoms with van der Waals surface area (Å²) < 4.78 is 1.85. The molecule has 0 saturated carbocycles. The molecule has 0 radical (unpaired) electrons. The predicted octanol–water partition coefficient (Wildman–Crippen LogP) is 2.45. The monoisotopic (exact) mass is 433 g/mol. The quantitative estimate of drug-likeness (QED) is 0.805. The van der Waals surface area contributed by atoms with Crippen LogP contribution in [0.5, 0.6) is 0 Å². The van der Waals surface area contributed by atoms with Crippen molar-refractivity contribution in [3.8, 4) is 0 Å². The minimum Gasteiger partial charge on any atom is -0.396 e. The SMILES string of the molecule is CC=Cc1ccc2n(c1=O)C[C@H]1[C@H](CO)[C@@H](C(=O)N3CCc4ccccc4C3)[C@@H]2N1CC. The second kappa shape index (κ2) is 8.34. The Morgan fingerprint density at radius 3 is 2.69 bits per heavy atom. The van der Waals surface area contributed by atoms with Crippen LogP contribution in [0.2, 0.25) is 0 Å². The highest BCUT2D eigenvalue weighted by molar-refractivity contribution is 5.81.